The van der Waals surface area contributed by atoms with Crippen LogP contribution in [0.4, 0.5) is 0 Å². The van der Waals surface area contributed by atoms with E-state index in [0.29, 0.717) is 0 Å². The van der Waals surface area contributed by atoms with Crippen molar-refractivity contribution in [2.24, 2.45) is 0 Å². The van der Waals surface area contributed by atoms with Crippen LogP contribution >= 0.6 is 0 Å². The van der Waals surface area contributed by atoms with Crippen LogP contribution in [0.25, 0.3) is 0 Å². The molecule has 1 N–H and O–H groups in total. The molecular formula is C9H20N2. The summed E-state index contributed by atoms with van der Waals surface area (Å²) in [7, 11) is 0. The monoisotopic (exact) mass is 156 g/mol. The van der Waals surface area contributed by atoms with Gasteiger partial charge in [0.05, 0.1) is 0 Å². The first-order chi connectivity index (χ1) is 5.43. The predicted molar refractivity (Wildman–Crippen MR) is 48.3 cm³/mol. The van der Waals surface area contributed by atoms with Crippen LogP contribution in [0.2, 0.25) is 0 Å². The van der Waals surface area contributed by atoms with E-state index in [9.17, 15) is 0 Å². The Hall–Kier alpha value is -0.0800. The minimum atomic E-state index is 1.18. The molecule has 1 heterocycles. The third-order valence-corrected chi connectivity index (χ3v) is 2.22. The quantitative estimate of drug-likeness (QED) is 0.670. The molecule has 0 aromatic heterocycles. The molecule has 1 aliphatic heterocycles. The number of nitrogens with zero attached hydrogens (tertiary/aromatic N) is 1. The minimum absolute atomic E-state index is 1.18. The first-order valence-corrected chi connectivity index (χ1v) is 4.92. The molecule has 0 aromatic rings. The summed E-state index contributed by atoms with van der Waals surface area (Å²) in [5, 5.41) is 2.39. The molecule has 1 saturated heterocycles. The number of hydrogen-bond donors (Lipinski definition) is 1. The number of rotatable bonds is 3. The first kappa shape index (κ1) is 9.01. The van der Waals surface area contributed by atoms with Crippen molar-refractivity contribution in [3.05, 3.63) is 0 Å². The van der Waals surface area contributed by atoms with Crippen molar-refractivity contribution in [1.82, 2.24) is 10.4 Å². The lowest BCUT2D eigenvalue weighted by Gasteiger charge is -2.19. The number of hydrazine groups is 1. The molecule has 1 rings (SSSR count). The lowest BCUT2D eigenvalue weighted by Crippen LogP contribution is -2.38. The third-order valence-electron chi connectivity index (χ3n) is 2.22. The van der Waals surface area contributed by atoms with Crippen LogP contribution in [-0.2, 0) is 0 Å². The van der Waals surface area contributed by atoms with Gasteiger partial charge in [-0.25, -0.2) is 5.01 Å². The second-order valence-corrected chi connectivity index (χ2v) is 3.31. The Labute approximate surface area is 69.9 Å². The van der Waals surface area contributed by atoms with Gasteiger partial charge >= 0.3 is 0 Å². The van der Waals surface area contributed by atoms with Crippen molar-refractivity contribution in [1.29, 1.82) is 0 Å². The normalized spacial score (nSPS) is 21.5. The van der Waals surface area contributed by atoms with Gasteiger partial charge in [0.25, 0.3) is 0 Å². The van der Waals surface area contributed by atoms with E-state index >= 15 is 0 Å². The highest BCUT2D eigenvalue weighted by molar-refractivity contribution is 4.58. The van der Waals surface area contributed by atoms with Crippen molar-refractivity contribution in [3.8, 4) is 0 Å². The smallest absolute Gasteiger partial charge is 0.0131 e. The summed E-state index contributed by atoms with van der Waals surface area (Å²) in [5.41, 5.74) is 3.45. The van der Waals surface area contributed by atoms with Gasteiger partial charge in [-0.05, 0) is 19.3 Å². The van der Waals surface area contributed by atoms with Crippen LogP contribution in [0.15, 0.2) is 0 Å². The topological polar surface area (TPSA) is 15.3 Å². The average molecular weight is 156 g/mol. The third kappa shape index (κ3) is 3.73. The molecule has 0 unspecified atom stereocenters. The van der Waals surface area contributed by atoms with Gasteiger partial charge in [0.1, 0.15) is 0 Å². The summed E-state index contributed by atoms with van der Waals surface area (Å²) in [6, 6.07) is 0. The standard InChI is InChI=1S/C9H20N2/c1-2-3-8-11-9-6-4-5-7-10-11/h10H,2-9H2,1H3. The number of nitrogens with one attached hydrogen (secondary N) is 1. The molecule has 1 aliphatic rings. The van der Waals surface area contributed by atoms with Crippen molar-refractivity contribution in [2.75, 3.05) is 19.6 Å². The van der Waals surface area contributed by atoms with Crippen LogP contribution < -0.4 is 5.43 Å². The maximum absolute atomic E-state index is 3.45. The van der Waals surface area contributed by atoms with Crippen LogP contribution in [-0.4, -0.2) is 24.6 Å². The summed E-state index contributed by atoms with van der Waals surface area (Å²) in [6.07, 6.45) is 6.75. The number of hydrogen-bond acceptors (Lipinski definition) is 2. The van der Waals surface area contributed by atoms with Crippen molar-refractivity contribution < 1.29 is 0 Å². The second kappa shape index (κ2) is 5.56. The Morgan fingerprint density at radius 3 is 3.00 bits per heavy atom. The van der Waals surface area contributed by atoms with Gasteiger partial charge in [-0.2, -0.15) is 0 Å². The molecule has 0 radical (unpaired) electrons. The van der Waals surface area contributed by atoms with Gasteiger partial charge < -0.3 is 0 Å². The molecular weight excluding hydrogens is 136 g/mol. The fourth-order valence-corrected chi connectivity index (χ4v) is 1.46. The van der Waals surface area contributed by atoms with Crippen molar-refractivity contribution in [3.63, 3.8) is 0 Å². The molecule has 2 nitrogen and oxygen atoms in total. The maximum Gasteiger partial charge on any atom is 0.0131 e. The summed E-state index contributed by atoms with van der Waals surface area (Å²) < 4.78 is 0. The predicted octanol–water partition coefficient (Wildman–Crippen LogP) is 1.78. The lowest BCUT2D eigenvalue weighted by molar-refractivity contribution is 0.198. The number of unbranched alkanes of at least 4 members (excludes halogenated alkanes) is 1. The van der Waals surface area contributed by atoms with Crippen LogP contribution in [0.3, 0.4) is 0 Å². The largest absolute Gasteiger partial charge is 0.255 e. The van der Waals surface area contributed by atoms with E-state index in [1.54, 1.807) is 0 Å². The Bertz CT molecular complexity index is 85.6. The van der Waals surface area contributed by atoms with Crippen molar-refractivity contribution in [2.45, 2.75) is 39.0 Å². The summed E-state index contributed by atoms with van der Waals surface area (Å²) in [4.78, 5) is 0. The van der Waals surface area contributed by atoms with Crippen LogP contribution in [0.5, 0.6) is 0 Å². The molecule has 66 valence electrons. The second-order valence-electron chi connectivity index (χ2n) is 3.31. The van der Waals surface area contributed by atoms with E-state index in [0.717, 1.165) is 0 Å². The molecule has 0 spiro atoms. The molecule has 0 atom stereocenters. The van der Waals surface area contributed by atoms with Gasteiger partial charge in [-0.3, -0.25) is 5.43 Å². The molecule has 0 bridgehead atoms. The zero-order chi connectivity index (χ0) is 7.94. The SMILES string of the molecule is CCCCN1CCCCCN1. The zero-order valence-corrected chi connectivity index (χ0v) is 7.60. The molecule has 0 aliphatic carbocycles. The van der Waals surface area contributed by atoms with Gasteiger partial charge in [0.2, 0.25) is 0 Å². The van der Waals surface area contributed by atoms with Gasteiger partial charge in [0, 0.05) is 19.6 Å². The van der Waals surface area contributed by atoms with Crippen molar-refractivity contribution >= 4 is 0 Å². The Morgan fingerprint density at radius 2 is 2.18 bits per heavy atom. The molecule has 0 amide bonds. The highest BCUT2D eigenvalue weighted by Gasteiger charge is 2.05. The van der Waals surface area contributed by atoms with Crippen LogP contribution in [0, 0.1) is 0 Å². The lowest BCUT2D eigenvalue weighted by atomic mass is 10.2. The van der Waals surface area contributed by atoms with Gasteiger partial charge in [0.15, 0.2) is 0 Å². The van der Waals surface area contributed by atoms with Gasteiger partial charge in [-0.1, -0.05) is 19.8 Å². The molecule has 2 heteroatoms. The fraction of sp³-hybridized carbons (Fsp3) is 1.00. The van der Waals surface area contributed by atoms with E-state index in [2.05, 4.69) is 17.4 Å². The summed E-state index contributed by atoms with van der Waals surface area (Å²) >= 11 is 0. The highest BCUT2D eigenvalue weighted by Crippen LogP contribution is 2.02. The van der Waals surface area contributed by atoms with Gasteiger partial charge in [-0.15, -0.1) is 0 Å². The van der Waals surface area contributed by atoms with E-state index in [-0.39, 0.29) is 0 Å². The molecule has 1 fully saturated rings. The summed E-state index contributed by atoms with van der Waals surface area (Å²) in [5.74, 6) is 0. The molecule has 0 saturated carbocycles. The van der Waals surface area contributed by atoms with E-state index in [1.165, 1.54) is 51.7 Å². The van der Waals surface area contributed by atoms with E-state index < -0.39 is 0 Å². The fourth-order valence-electron chi connectivity index (χ4n) is 1.46. The first-order valence-electron chi connectivity index (χ1n) is 4.92. The van der Waals surface area contributed by atoms with E-state index in [1.807, 2.05) is 0 Å². The Balaban J connectivity index is 2.09. The van der Waals surface area contributed by atoms with E-state index in [4.69, 9.17) is 0 Å². The average Bonchev–Trinajstić information content (AvgIpc) is 2.28. The maximum atomic E-state index is 3.45. The Morgan fingerprint density at radius 1 is 1.27 bits per heavy atom. The minimum Gasteiger partial charge on any atom is -0.255 e. The molecule has 0 aromatic carbocycles. The summed E-state index contributed by atoms with van der Waals surface area (Å²) in [6.45, 7) is 5.91. The molecule has 11 heavy (non-hydrogen) atoms. The zero-order valence-electron chi connectivity index (χ0n) is 7.60. The highest BCUT2D eigenvalue weighted by atomic mass is 15.5. The van der Waals surface area contributed by atoms with Crippen LogP contribution in [0.1, 0.15) is 39.0 Å². The Kier molecular flexibility index (Phi) is 4.55.